The third-order valence-electron chi connectivity index (χ3n) is 3.55. The van der Waals surface area contributed by atoms with Gasteiger partial charge >= 0.3 is 0 Å². The second kappa shape index (κ2) is 5.27. The molecule has 0 unspecified atom stereocenters. The molecule has 0 aliphatic heterocycles. The second-order valence-corrected chi connectivity index (χ2v) is 7.08. The maximum absolute atomic E-state index is 12.7. The summed E-state index contributed by atoms with van der Waals surface area (Å²) < 4.78 is 24.9. The average molecular weight is 333 g/mol. The summed E-state index contributed by atoms with van der Waals surface area (Å²) in [6.07, 6.45) is 4.09. The Bertz CT molecular complexity index is 1050. The first-order valence-electron chi connectivity index (χ1n) is 6.94. The molecule has 9 heteroatoms. The fraction of sp³-hybridized carbons (Fsp3) is 0.286. The Morgan fingerprint density at radius 3 is 2.61 bits per heavy atom. The Morgan fingerprint density at radius 1 is 1.30 bits per heavy atom. The van der Waals surface area contributed by atoms with E-state index in [4.69, 9.17) is 0 Å². The van der Waals surface area contributed by atoms with Crippen LogP contribution in [0.4, 0.5) is 0 Å². The zero-order chi connectivity index (χ0) is 16.8. The van der Waals surface area contributed by atoms with Gasteiger partial charge in [-0.05, 0) is 19.9 Å². The second-order valence-electron chi connectivity index (χ2n) is 5.17. The number of H-pyrrole nitrogens is 1. The van der Waals surface area contributed by atoms with Gasteiger partial charge in [0.1, 0.15) is 5.65 Å². The van der Waals surface area contributed by atoms with Gasteiger partial charge in [-0.3, -0.25) is 9.36 Å². The Kier molecular flexibility index (Phi) is 3.52. The van der Waals surface area contributed by atoms with E-state index < -0.39 is 9.84 Å². The van der Waals surface area contributed by atoms with Crippen molar-refractivity contribution in [1.82, 2.24) is 24.5 Å². The number of imidazole rings is 1. The van der Waals surface area contributed by atoms with Crippen molar-refractivity contribution in [3.63, 3.8) is 0 Å². The van der Waals surface area contributed by atoms with E-state index >= 15 is 0 Å². The van der Waals surface area contributed by atoms with Crippen molar-refractivity contribution >= 4 is 20.9 Å². The summed E-state index contributed by atoms with van der Waals surface area (Å²) in [4.78, 5) is 27.7. The molecule has 0 aliphatic rings. The SMILES string of the molecule is CCn1c(=O)c(-c2cnc[nH]2)cc2c(C)nc(S(C)(=O)=O)nc21. The zero-order valence-corrected chi connectivity index (χ0v) is 13.7. The lowest BCUT2D eigenvalue weighted by Crippen LogP contribution is -2.23. The fourth-order valence-electron chi connectivity index (χ4n) is 2.42. The molecular formula is C14H15N5O3S. The topological polar surface area (TPSA) is 111 Å². The molecule has 3 aromatic heterocycles. The normalized spacial score (nSPS) is 12.0. The monoisotopic (exact) mass is 333 g/mol. The summed E-state index contributed by atoms with van der Waals surface area (Å²) in [5.74, 6) is 0. The highest BCUT2D eigenvalue weighted by molar-refractivity contribution is 7.90. The van der Waals surface area contributed by atoms with Crippen molar-refractivity contribution in [1.29, 1.82) is 0 Å². The van der Waals surface area contributed by atoms with Crippen LogP contribution in [0.15, 0.2) is 28.5 Å². The van der Waals surface area contributed by atoms with Crippen LogP contribution in [-0.2, 0) is 16.4 Å². The molecule has 0 bridgehead atoms. The van der Waals surface area contributed by atoms with Crippen LogP contribution in [0.2, 0.25) is 0 Å². The first kappa shape index (κ1) is 15.3. The van der Waals surface area contributed by atoms with Crippen LogP contribution >= 0.6 is 0 Å². The summed E-state index contributed by atoms with van der Waals surface area (Å²) in [7, 11) is -3.56. The van der Waals surface area contributed by atoms with Crippen molar-refractivity contribution < 1.29 is 8.42 Å². The predicted octanol–water partition coefficient (Wildman–Crippen LogP) is 0.913. The minimum atomic E-state index is -3.56. The highest BCUT2D eigenvalue weighted by Crippen LogP contribution is 2.21. The molecule has 3 heterocycles. The lowest BCUT2D eigenvalue weighted by atomic mass is 10.1. The van der Waals surface area contributed by atoms with Gasteiger partial charge in [-0.25, -0.2) is 18.4 Å². The summed E-state index contributed by atoms with van der Waals surface area (Å²) in [5.41, 5.74) is 1.58. The third-order valence-corrected chi connectivity index (χ3v) is 4.40. The van der Waals surface area contributed by atoms with Gasteiger partial charge in [0.2, 0.25) is 15.0 Å². The molecule has 120 valence electrons. The minimum absolute atomic E-state index is 0.262. The van der Waals surface area contributed by atoms with E-state index in [1.165, 1.54) is 10.9 Å². The van der Waals surface area contributed by atoms with E-state index in [0.717, 1.165) is 6.26 Å². The van der Waals surface area contributed by atoms with Gasteiger partial charge in [-0.2, -0.15) is 4.98 Å². The first-order valence-corrected chi connectivity index (χ1v) is 8.83. The molecule has 3 aromatic rings. The number of hydrogen-bond donors (Lipinski definition) is 1. The third kappa shape index (κ3) is 2.52. The van der Waals surface area contributed by atoms with Gasteiger partial charge in [0.15, 0.2) is 0 Å². The molecule has 0 saturated carbocycles. The summed E-state index contributed by atoms with van der Waals surface area (Å²) in [6, 6.07) is 1.67. The number of aromatic amines is 1. The van der Waals surface area contributed by atoms with E-state index in [1.807, 2.05) is 0 Å². The van der Waals surface area contributed by atoms with Gasteiger partial charge in [0, 0.05) is 18.2 Å². The molecule has 3 rings (SSSR count). The van der Waals surface area contributed by atoms with Crippen molar-refractivity contribution in [2.45, 2.75) is 25.5 Å². The molecule has 0 aromatic carbocycles. The fourth-order valence-corrected chi connectivity index (χ4v) is 2.97. The number of aromatic nitrogens is 5. The van der Waals surface area contributed by atoms with Crippen LogP contribution in [0.25, 0.3) is 22.3 Å². The molecule has 0 spiro atoms. The zero-order valence-electron chi connectivity index (χ0n) is 12.9. The molecular weight excluding hydrogens is 318 g/mol. The van der Waals surface area contributed by atoms with E-state index in [-0.39, 0.29) is 10.7 Å². The molecule has 0 aliphatic carbocycles. The predicted molar refractivity (Wildman–Crippen MR) is 84.9 cm³/mol. The van der Waals surface area contributed by atoms with E-state index in [2.05, 4.69) is 19.9 Å². The number of fused-ring (bicyclic) bond motifs is 1. The van der Waals surface area contributed by atoms with Crippen LogP contribution in [0.3, 0.4) is 0 Å². The van der Waals surface area contributed by atoms with Gasteiger partial charge in [0.05, 0.1) is 29.5 Å². The first-order chi connectivity index (χ1) is 10.8. The van der Waals surface area contributed by atoms with Gasteiger partial charge in [-0.1, -0.05) is 0 Å². The number of nitrogens with one attached hydrogen (secondary N) is 1. The maximum Gasteiger partial charge on any atom is 0.261 e. The van der Waals surface area contributed by atoms with Crippen molar-refractivity contribution in [2.24, 2.45) is 0 Å². The molecule has 8 nitrogen and oxygen atoms in total. The number of sulfone groups is 1. The molecule has 0 radical (unpaired) electrons. The number of hydrogen-bond acceptors (Lipinski definition) is 6. The van der Waals surface area contributed by atoms with Crippen molar-refractivity contribution in [2.75, 3.05) is 6.26 Å². The van der Waals surface area contributed by atoms with Crippen LogP contribution in [-0.4, -0.2) is 39.2 Å². The lowest BCUT2D eigenvalue weighted by Gasteiger charge is -2.12. The smallest absolute Gasteiger partial charge is 0.261 e. The van der Waals surface area contributed by atoms with Gasteiger partial charge in [-0.15, -0.1) is 0 Å². The van der Waals surface area contributed by atoms with Crippen LogP contribution in [0, 0.1) is 6.92 Å². The molecule has 0 amide bonds. The Balaban J connectivity index is 2.46. The molecule has 23 heavy (non-hydrogen) atoms. The maximum atomic E-state index is 12.7. The number of rotatable bonds is 3. The highest BCUT2D eigenvalue weighted by atomic mass is 32.2. The molecule has 0 fully saturated rings. The van der Waals surface area contributed by atoms with E-state index in [1.54, 1.807) is 26.1 Å². The molecule has 0 atom stereocenters. The summed E-state index contributed by atoms with van der Waals surface area (Å²) in [6.45, 7) is 3.85. The van der Waals surface area contributed by atoms with Gasteiger partial charge < -0.3 is 4.98 Å². The standard InChI is InChI=1S/C14H15N5O3S/c1-4-19-12-9(8(2)17-14(18-12)23(3,21)22)5-10(13(19)20)11-6-15-7-16-11/h5-7H,4H2,1-3H3,(H,15,16). The summed E-state index contributed by atoms with van der Waals surface area (Å²) >= 11 is 0. The minimum Gasteiger partial charge on any atom is -0.344 e. The average Bonchev–Trinajstić information content (AvgIpc) is 2.99. The van der Waals surface area contributed by atoms with Crippen LogP contribution in [0.5, 0.6) is 0 Å². The Hall–Kier alpha value is -2.55. The summed E-state index contributed by atoms with van der Waals surface area (Å²) in [5, 5.41) is 0.349. The van der Waals surface area contributed by atoms with Crippen LogP contribution in [0.1, 0.15) is 12.6 Å². The van der Waals surface area contributed by atoms with Crippen molar-refractivity contribution in [3.05, 3.63) is 34.6 Å². The van der Waals surface area contributed by atoms with Crippen molar-refractivity contribution in [3.8, 4) is 11.3 Å². The largest absolute Gasteiger partial charge is 0.344 e. The van der Waals surface area contributed by atoms with Crippen LogP contribution < -0.4 is 5.56 Å². The number of nitrogens with zero attached hydrogens (tertiary/aromatic N) is 4. The quantitative estimate of drug-likeness (QED) is 0.713. The lowest BCUT2D eigenvalue weighted by molar-refractivity contribution is 0.592. The highest BCUT2D eigenvalue weighted by Gasteiger charge is 2.18. The van der Waals surface area contributed by atoms with E-state index in [9.17, 15) is 13.2 Å². The molecule has 1 N–H and O–H groups in total. The Morgan fingerprint density at radius 2 is 2.04 bits per heavy atom. The number of pyridine rings is 1. The van der Waals surface area contributed by atoms with E-state index in [0.29, 0.717) is 34.5 Å². The van der Waals surface area contributed by atoms with Gasteiger partial charge in [0.25, 0.3) is 5.56 Å². The molecule has 0 saturated heterocycles. The Labute approximate surface area is 132 Å². The number of aryl methyl sites for hydroxylation is 2.